The van der Waals surface area contributed by atoms with Crippen molar-refractivity contribution in [3.8, 4) is 0 Å². The topological polar surface area (TPSA) is 32.8 Å². The molecule has 5 aliphatic rings. The molecule has 0 aromatic heterocycles. The minimum absolute atomic E-state index is 0.0179. The molecule has 5 fully saturated rings. The van der Waals surface area contributed by atoms with Crippen LogP contribution in [0.15, 0.2) is 0 Å². The quantitative estimate of drug-likeness (QED) is 0.537. The zero-order chi connectivity index (χ0) is 20.6. The van der Waals surface area contributed by atoms with Crippen LogP contribution in [0.5, 0.6) is 0 Å². The monoisotopic (exact) mass is 402 g/mol. The van der Waals surface area contributed by atoms with Crippen molar-refractivity contribution in [3.05, 3.63) is 0 Å². The van der Waals surface area contributed by atoms with Crippen LogP contribution in [-0.4, -0.2) is 22.9 Å². The normalized spacial score (nSPS) is 54.2. The molecule has 0 aromatic rings. The van der Waals surface area contributed by atoms with Crippen LogP contribution in [-0.2, 0) is 4.74 Å². The highest BCUT2D eigenvalue weighted by Crippen LogP contribution is 2.68. The smallest absolute Gasteiger partial charge is 0.0892 e. The van der Waals surface area contributed by atoms with E-state index in [0.29, 0.717) is 16.9 Å². The van der Waals surface area contributed by atoms with Gasteiger partial charge in [-0.2, -0.15) is 0 Å². The van der Waals surface area contributed by atoms with Crippen molar-refractivity contribution in [2.24, 2.45) is 46.3 Å². The third-order valence-electron chi connectivity index (χ3n) is 11.4. The van der Waals surface area contributed by atoms with Crippen LogP contribution >= 0.6 is 0 Å². The molecule has 2 heteroatoms. The fourth-order valence-electron chi connectivity index (χ4n) is 9.57. The molecule has 0 bridgehead atoms. The highest BCUT2D eigenvalue weighted by molar-refractivity contribution is 5.10. The number of rotatable bonds is 4. The first-order chi connectivity index (χ1) is 13.6. The van der Waals surface area contributed by atoms with E-state index in [4.69, 9.17) is 4.74 Å². The number of fused-ring (bicyclic) bond motifs is 5. The van der Waals surface area contributed by atoms with Crippen LogP contribution in [0.4, 0.5) is 0 Å². The Labute approximate surface area is 179 Å². The molecule has 1 N–H and O–H groups in total. The van der Waals surface area contributed by atoms with E-state index >= 15 is 0 Å². The van der Waals surface area contributed by atoms with Crippen LogP contribution in [0.2, 0.25) is 0 Å². The van der Waals surface area contributed by atoms with E-state index in [0.717, 1.165) is 48.3 Å². The van der Waals surface area contributed by atoms with Gasteiger partial charge < -0.3 is 9.84 Å². The zero-order valence-corrected chi connectivity index (χ0v) is 19.8. The van der Waals surface area contributed by atoms with Gasteiger partial charge in [0.2, 0.25) is 0 Å². The molecule has 4 aliphatic carbocycles. The maximum atomic E-state index is 10.3. The molecule has 0 radical (unpaired) electrons. The molecular weight excluding hydrogens is 356 g/mol. The first-order valence-corrected chi connectivity index (χ1v) is 13.0. The molecule has 5 rings (SSSR count). The molecular formula is C27H46O2. The number of hydrogen-bond acceptors (Lipinski definition) is 2. The summed E-state index contributed by atoms with van der Waals surface area (Å²) in [6, 6.07) is 0. The Hall–Kier alpha value is -0.0800. The van der Waals surface area contributed by atoms with Gasteiger partial charge in [-0.3, -0.25) is 0 Å². The van der Waals surface area contributed by atoms with E-state index in [1.807, 2.05) is 0 Å². The van der Waals surface area contributed by atoms with E-state index in [1.165, 1.54) is 57.8 Å². The van der Waals surface area contributed by atoms with Crippen molar-refractivity contribution < 1.29 is 9.84 Å². The van der Waals surface area contributed by atoms with Gasteiger partial charge in [0.05, 0.1) is 17.8 Å². The van der Waals surface area contributed by atoms with Crippen molar-refractivity contribution in [2.45, 2.75) is 123 Å². The molecule has 10 atom stereocenters. The SMILES string of the molecule is C[C@H](CCC1OC1(C)C)C1CC[C@H]2[C@@H]3CC[C@@H]4C[C@H](O)CC[C@]4(C)[C@H]3CC[C@]12C. The first-order valence-electron chi connectivity index (χ1n) is 13.0. The van der Waals surface area contributed by atoms with Gasteiger partial charge in [0.1, 0.15) is 0 Å². The highest BCUT2D eigenvalue weighted by atomic mass is 16.6. The van der Waals surface area contributed by atoms with Crippen LogP contribution in [0.25, 0.3) is 0 Å². The van der Waals surface area contributed by atoms with Crippen molar-refractivity contribution >= 4 is 0 Å². The Morgan fingerprint density at radius 1 is 0.897 bits per heavy atom. The molecule has 4 saturated carbocycles. The first kappa shape index (κ1) is 20.8. The predicted molar refractivity (Wildman–Crippen MR) is 119 cm³/mol. The number of hydrogen-bond donors (Lipinski definition) is 1. The lowest BCUT2D eigenvalue weighted by molar-refractivity contribution is -0.129. The van der Waals surface area contributed by atoms with Crippen LogP contribution in [0.3, 0.4) is 0 Å². The average Bonchev–Trinajstić information content (AvgIpc) is 3.11. The van der Waals surface area contributed by atoms with Crippen LogP contribution in [0, 0.1) is 46.3 Å². The summed E-state index contributed by atoms with van der Waals surface area (Å²) < 4.78 is 5.87. The highest BCUT2D eigenvalue weighted by Gasteiger charge is 2.60. The van der Waals surface area contributed by atoms with Crippen molar-refractivity contribution in [2.75, 3.05) is 0 Å². The van der Waals surface area contributed by atoms with Gasteiger partial charge in [-0.1, -0.05) is 20.8 Å². The summed E-state index contributed by atoms with van der Waals surface area (Å²) >= 11 is 0. The Kier molecular flexibility index (Phi) is 4.99. The number of epoxide rings is 1. The lowest BCUT2D eigenvalue weighted by atomic mass is 9.44. The molecule has 29 heavy (non-hydrogen) atoms. The lowest BCUT2D eigenvalue weighted by Crippen LogP contribution is -2.54. The Bertz CT molecular complexity index is 628. The molecule has 2 nitrogen and oxygen atoms in total. The van der Waals surface area contributed by atoms with E-state index in [9.17, 15) is 5.11 Å². The second-order valence-corrected chi connectivity index (χ2v) is 13.1. The summed E-state index contributed by atoms with van der Waals surface area (Å²) in [5.74, 6) is 5.42. The van der Waals surface area contributed by atoms with E-state index in [2.05, 4.69) is 34.6 Å². The van der Waals surface area contributed by atoms with Gasteiger partial charge in [-0.05, 0) is 131 Å². The minimum Gasteiger partial charge on any atom is -0.393 e. The largest absolute Gasteiger partial charge is 0.393 e. The molecule has 0 spiro atoms. The molecule has 1 aliphatic heterocycles. The third kappa shape index (κ3) is 3.25. The summed E-state index contributed by atoms with van der Waals surface area (Å²) in [5.41, 5.74) is 1.25. The van der Waals surface area contributed by atoms with Crippen LogP contribution < -0.4 is 0 Å². The van der Waals surface area contributed by atoms with E-state index in [-0.39, 0.29) is 11.7 Å². The number of aliphatic hydroxyl groups excluding tert-OH is 1. The third-order valence-corrected chi connectivity index (χ3v) is 11.4. The van der Waals surface area contributed by atoms with Gasteiger partial charge in [-0.25, -0.2) is 0 Å². The molecule has 0 amide bonds. The Balaban J connectivity index is 1.28. The summed E-state index contributed by atoms with van der Waals surface area (Å²) in [5, 5.41) is 10.3. The summed E-state index contributed by atoms with van der Waals surface area (Å²) in [6.45, 7) is 12.4. The predicted octanol–water partition coefficient (Wildman–Crippen LogP) is 6.60. The van der Waals surface area contributed by atoms with Crippen molar-refractivity contribution in [1.82, 2.24) is 0 Å². The van der Waals surface area contributed by atoms with E-state index in [1.54, 1.807) is 0 Å². The second kappa shape index (κ2) is 6.96. The van der Waals surface area contributed by atoms with Gasteiger partial charge in [0.25, 0.3) is 0 Å². The standard InChI is InChI=1S/C27H46O2/c1-17(6-11-24-25(2,3)29-24)21-9-10-22-20-8-7-18-16-19(28)12-14-26(18,4)23(20)13-15-27(21,22)5/h17-24,28H,6-16H2,1-5H3/t17-,18-,19-,20+,21?,22+,23+,24?,26+,27-/m1/s1. The maximum Gasteiger partial charge on any atom is 0.0892 e. The van der Waals surface area contributed by atoms with E-state index < -0.39 is 0 Å². The Morgan fingerprint density at radius 2 is 1.59 bits per heavy atom. The van der Waals surface area contributed by atoms with Crippen molar-refractivity contribution in [1.29, 1.82) is 0 Å². The fraction of sp³-hybridized carbons (Fsp3) is 1.00. The van der Waals surface area contributed by atoms with Gasteiger partial charge in [-0.15, -0.1) is 0 Å². The van der Waals surface area contributed by atoms with Gasteiger partial charge in [0, 0.05) is 0 Å². The Morgan fingerprint density at radius 3 is 2.31 bits per heavy atom. The molecule has 0 aromatic carbocycles. The summed E-state index contributed by atoms with van der Waals surface area (Å²) in [7, 11) is 0. The molecule has 2 unspecified atom stereocenters. The average molecular weight is 403 g/mol. The zero-order valence-electron chi connectivity index (χ0n) is 19.8. The summed E-state index contributed by atoms with van der Waals surface area (Å²) in [6.07, 6.45) is 15.2. The van der Waals surface area contributed by atoms with Crippen LogP contribution in [0.1, 0.15) is 105 Å². The molecule has 1 heterocycles. The lowest BCUT2D eigenvalue weighted by Gasteiger charge is -2.61. The second-order valence-electron chi connectivity index (χ2n) is 13.1. The minimum atomic E-state index is -0.0179. The maximum absolute atomic E-state index is 10.3. The fourth-order valence-corrected chi connectivity index (χ4v) is 9.57. The number of aliphatic hydroxyl groups is 1. The molecule has 1 saturated heterocycles. The van der Waals surface area contributed by atoms with Crippen molar-refractivity contribution in [3.63, 3.8) is 0 Å². The van der Waals surface area contributed by atoms with Gasteiger partial charge >= 0.3 is 0 Å². The van der Waals surface area contributed by atoms with Gasteiger partial charge in [0.15, 0.2) is 0 Å². The summed E-state index contributed by atoms with van der Waals surface area (Å²) in [4.78, 5) is 0. The number of ether oxygens (including phenoxy) is 1. The molecule has 166 valence electrons.